The van der Waals surface area contributed by atoms with E-state index in [9.17, 15) is 19.9 Å². The summed E-state index contributed by atoms with van der Waals surface area (Å²) in [5.74, 6) is -1.65. The van der Waals surface area contributed by atoms with Crippen molar-refractivity contribution in [2.24, 2.45) is 11.8 Å². The maximum atomic E-state index is 13.8. The molecule has 4 atom stereocenters. The lowest BCUT2D eigenvalue weighted by Gasteiger charge is -2.39. The van der Waals surface area contributed by atoms with E-state index >= 15 is 0 Å². The van der Waals surface area contributed by atoms with Crippen LogP contribution in [0.2, 0.25) is 0 Å². The molecule has 1 saturated heterocycles. The van der Waals surface area contributed by atoms with Gasteiger partial charge in [-0.2, -0.15) is 5.06 Å². The van der Waals surface area contributed by atoms with Crippen LogP contribution in [0, 0.1) is 11.8 Å². The maximum Gasteiger partial charge on any atom is 0.336 e. The van der Waals surface area contributed by atoms with E-state index in [4.69, 9.17) is 28.4 Å². The summed E-state index contributed by atoms with van der Waals surface area (Å²) >= 11 is 0. The van der Waals surface area contributed by atoms with Gasteiger partial charge in [0.05, 0.1) is 43.4 Å². The van der Waals surface area contributed by atoms with Crippen molar-refractivity contribution >= 4 is 11.9 Å². The van der Waals surface area contributed by atoms with Crippen LogP contribution in [0.1, 0.15) is 56.4 Å². The second kappa shape index (κ2) is 9.28. The number of cyclic esters (lactones) is 1. The number of ether oxygens (including phenoxy) is 6. The summed E-state index contributed by atoms with van der Waals surface area (Å²) in [6, 6.07) is 6.91. The summed E-state index contributed by atoms with van der Waals surface area (Å²) < 4.78 is 34.0. The molecule has 11 heteroatoms. The largest absolute Gasteiger partial charge is 0.502 e. The number of carbonyl (C=O) groups is 2. The lowest BCUT2D eigenvalue weighted by atomic mass is 9.66. The Morgan fingerprint density at radius 3 is 2.15 bits per heavy atom. The Bertz CT molecular complexity index is 1450. The number of hydrogen-bond donors (Lipinski definition) is 2. The van der Waals surface area contributed by atoms with Gasteiger partial charge in [-0.3, -0.25) is 4.79 Å². The van der Waals surface area contributed by atoms with E-state index in [-0.39, 0.29) is 30.6 Å². The number of benzene rings is 2. The van der Waals surface area contributed by atoms with Crippen molar-refractivity contribution < 1.29 is 48.3 Å². The number of nitrogens with zero attached hydrogens (tertiary/aromatic N) is 1. The normalized spacial score (nSPS) is 27.0. The first kappa shape index (κ1) is 27.2. The van der Waals surface area contributed by atoms with Crippen molar-refractivity contribution in [2.45, 2.75) is 50.8 Å². The van der Waals surface area contributed by atoms with Crippen LogP contribution in [0.4, 0.5) is 0 Å². The Morgan fingerprint density at radius 1 is 0.976 bits per heavy atom. The molecule has 0 saturated carbocycles. The van der Waals surface area contributed by atoms with E-state index < -0.39 is 46.9 Å². The third kappa shape index (κ3) is 4.01. The number of rotatable bonds is 5. The minimum absolute atomic E-state index is 0.0333. The van der Waals surface area contributed by atoms with Crippen LogP contribution in [0.3, 0.4) is 0 Å². The number of hydroxylamine groups is 2. The van der Waals surface area contributed by atoms with Crippen LogP contribution < -0.4 is 18.9 Å². The zero-order valence-corrected chi connectivity index (χ0v) is 23.7. The fourth-order valence-electron chi connectivity index (χ4n) is 6.67. The molecule has 41 heavy (non-hydrogen) atoms. The van der Waals surface area contributed by atoms with Gasteiger partial charge in [-0.25, -0.2) is 4.79 Å². The average molecular weight is 568 g/mol. The first-order valence-electron chi connectivity index (χ1n) is 13.4. The van der Waals surface area contributed by atoms with Crippen molar-refractivity contribution in [3.63, 3.8) is 0 Å². The third-order valence-corrected chi connectivity index (χ3v) is 8.67. The van der Waals surface area contributed by atoms with Gasteiger partial charge in [0.15, 0.2) is 23.0 Å². The van der Waals surface area contributed by atoms with E-state index in [1.807, 2.05) is 0 Å². The molecule has 2 aromatic rings. The molecule has 0 bridgehead atoms. The van der Waals surface area contributed by atoms with E-state index in [2.05, 4.69) is 0 Å². The molecule has 1 unspecified atom stereocenters. The van der Waals surface area contributed by atoms with Gasteiger partial charge in [-0.1, -0.05) is 6.08 Å². The summed E-state index contributed by atoms with van der Waals surface area (Å²) in [6.45, 7) is 7.16. The molecule has 4 aliphatic rings. The fraction of sp³-hybridized carbons (Fsp3) is 0.467. The second-order valence-electron chi connectivity index (χ2n) is 11.8. The van der Waals surface area contributed by atoms with Crippen molar-refractivity contribution in [1.29, 1.82) is 0 Å². The molecule has 1 fully saturated rings. The standard InChI is InChI=1S/C30H33NO10/c1-29(2)11-18(30(3,4)31(29)35)27(33)41-26-16-10-20-19(39-13-40-20)9-15(16)23(24-17(26)12-38-28(24)34)14-7-21(36-5)25(32)22(8-14)37-6/h7-11,17,23-24,26,32,35H,12-13H2,1-6H3/t17-,23+,24?,26+/m0/s1. The molecule has 11 nitrogen and oxygen atoms in total. The molecule has 0 radical (unpaired) electrons. The van der Waals surface area contributed by atoms with Gasteiger partial charge in [0, 0.05) is 17.4 Å². The van der Waals surface area contributed by atoms with Crippen molar-refractivity contribution in [3.05, 3.63) is 52.6 Å². The number of methoxy groups -OCH3 is 2. The van der Waals surface area contributed by atoms with Gasteiger partial charge in [0.2, 0.25) is 12.5 Å². The zero-order valence-electron chi connectivity index (χ0n) is 23.7. The molecule has 0 aromatic heterocycles. The van der Waals surface area contributed by atoms with Gasteiger partial charge in [0.25, 0.3) is 0 Å². The first-order chi connectivity index (χ1) is 19.4. The average Bonchev–Trinajstić information content (AvgIpc) is 3.60. The van der Waals surface area contributed by atoms with E-state index in [0.717, 1.165) is 5.06 Å². The second-order valence-corrected chi connectivity index (χ2v) is 11.8. The van der Waals surface area contributed by atoms with E-state index in [0.29, 0.717) is 33.8 Å². The van der Waals surface area contributed by atoms with Crippen LogP contribution in [0.5, 0.6) is 28.7 Å². The summed E-state index contributed by atoms with van der Waals surface area (Å²) in [5, 5.41) is 22.5. The summed E-state index contributed by atoms with van der Waals surface area (Å²) in [5.41, 5.74) is 0.499. The monoisotopic (exact) mass is 567 g/mol. The van der Waals surface area contributed by atoms with Crippen LogP contribution in [0.25, 0.3) is 0 Å². The number of carbonyl (C=O) groups excluding carboxylic acids is 2. The molecule has 2 aromatic carbocycles. The quantitative estimate of drug-likeness (QED) is 0.511. The molecule has 218 valence electrons. The van der Waals surface area contributed by atoms with Crippen molar-refractivity contribution in [1.82, 2.24) is 5.06 Å². The molecule has 3 aliphatic heterocycles. The van der Waals surface area contributed by atoms with Gasteiger partial charge < -0.3 is 38.7 Å². The molecule has 2 N–H and O–H groups in total. The van der Waals surface area contributed by atoms with Gasteiger partial charge >= 0.3 is 11.9 Å². The van der Waals surface area contributed by atoms with E-state index in [1.165, 1.54) is 14.2 Å². The Kier molecular flexibility index (Phi) is 6.16. The van der Waals surface area contributed by atoms with Crippen LogP contribution in [-0.4, -0.2) is 66.0 Å². The number of esters is 2. The van der Waals surface area contributed by atoms with Gasteiger partial charge in [-0.15, -0.1) is 0 Å². The van der Waals surface area contributed by atoms with Gasteiger partial charge in [0.1, 0.15) is 6.10 Å². The van der Waals surface area contributed by atoms with Gasteiger partial charge in [-0.05, 0) is 63.1 Å². The predicted molar refractivity (Wildman–Crippen MR) is 142 cm³/mol. The molecule has 1 aliphatic carbocycles. The summed E-state index contributed by atoms with van der Waals surface area (Å²) in [7, 11) is 2.86. The Morgan fingerprint density at radius 2 is 1.59 bits per heavy atom. The van der Waals surface area contributed by atoms with Crippen LogP contribution in [-0.2, 0) is 19.1 Å². The highest BCUT2D eigenvalue weighted by Crippen LogP contribution is 2.57. The molecular weight excluding hydrogens is 534 g/mol. The van der Waals surface area contributed by atoms with Crippen LogP contribution in [0.15, 0.2) is 35.9 Å². The highest BCUT2D eigenvalue weighted by Gasteiger charge is 2.55. The highest BCUT2D eigenvalue weighted by atomic mass is 16.7. The van der Waals surface area contributed by atoms with Crippen molar-refractivity contribution in [3.8, 4) is 28.7 Å². The van der Waals surface area contributed by atoms with E-state index in [1.54, 1.807) is 58.0 Å². The zero-order chi connectivity index (χ0) is 29.4. The SMILES string of the molecule is COc1cc([C@@H]2c3cc4c(cc3[C@@H](OC(=O)C3=CC(C)(C)N(O)C3(C)C)[C@H]3COC(=O)C23)OCO4)cc(OC)c1O. The van der Waals surface area contributed by atoms with Crippen molar-refractivity contribution in [2.75, 3.05) is 27.6 Å². The molecule has 0 spiro atoms. The lowest BCUT2D eigenvalue weighted by molar-refractivity contribution is -0.188. The Labute approximate surface area is 237 Å². The number of hydrogen-bond acceptors (Lipinski definition) is 11. The molecule has 3 heterocycles. The highest BCUT2D eigenvalue weighted by molar-refractivity contribution is 5.92. The molecule has 6 rings (SSSR count). The fourth-order valence-corrected chi connectivity index (χ4v) is 6.67. The Hall–Kier alpha value is -3.96. The minimum atomic E-state index is -1.00. The lowest BCUT2D eigenvalue weighted by Crippen LogP contribution is -2.48. The summed E-state index contributed by atoms with van der Waals surface area (Å²) in [4.78, 5) is 27.1. The Balaban J connectivity index is 1.50. The number of phenols is 1. The third-order valence-electron chi connectivity index (χ3n) is 8.67. The predicted octanol–water partition coefficient (Wildman–Crippen LogP) is 3.85. The number of fused-ring (bicyclic) bond motifs is 3. The smallest absolute Gasteiger partial charge is 0.336 e. The topological polar surface area (TPSA) is 133 Å². The molecular formula is C30H33NO10. The maximum absolute atomic E-state index is 13.8. The van der Waals surface area contributed by atoms with Crippen LogP contribution >= 0.6 is 0 Å². The number of aromatic hydroxyl groups is 1. The number of phenolic OH excluding ortho intramolecular Hbond substituents is 1. The molecule has 0 amide bonds. The first-order valence-corrected chi connectivity index (χ1v) is 13.4. The minimum Gasteiger partial charge on any atom is -0.502 e. The summed E-state index contributed by atoms with van der Waals surface area (Å²) in [6.07, 6.45) is 0.845.